The highest BCUT2D eigenvalue weighted by atomic mass is 35.5. The molecule has 1 fully saturated rings. The third-order valence-electron chi connectivity index (χ3n) is 3.02. The molecular weight excluding hydrogens is 236 g/mol. The van der Waals surface area contributed by atoms with Gasteiger partial charge in [0, 0.05) is 18.4 Å². The lowest BCUT2D eigenvalue weighted by atomic mass is 10.1. The first-order valence-corrected chi connectivity index (χ1v) is 5.84. The van der Waals surface area contributed by atoms with Gasteiger partial charge in [0.05, 0.1) is 0 Å². The normalized spacial score (nSPS) is 21.6. The van der Waals surface area contributed by atoms with Crippen LogP contribution >= 0.6 is 12.4 Å². The second-order valence-electron chi connectivity index (χ2n) is 4.38. The molecule has 0 bridgehead atoms. The lowest BCUT2D eigenvalue weighted by Gasteiger charge is -2.03. The smallest absolute Gasteiger partial charge is 0.217 e. The zero-order valence-electron chi connectivity index (χ0n) is 9.76. The topological polar surface area (TPSA) is 55.1 Å². The maximum atomic E-state index is 10.5. The SMILES string of the molecule is Cl.NC(=O)CCCN[C@@H]1C[C@H]1c1ccccc1. The molecule has 0 spiro atoms. The first-order chi connectivity index (χ1) is 7.77. The molecule has 0 radical (unpaired) electrons. The molecule has 0 heterocycles. The molecule has 1 aromatic carbocycles. The standard InChI is InChI=1S/C13H18N2O.ClH/c14-13(16)7-4-8-15-12-9-11(12)10-5-2-1-3-6-10;/h1-3,5-6,11-12,15H,4,7-9H2,(H2,14,16);1H/t11-,12+;/m0./s1. The average Bonchev–Trinajstić information content (AvgIpc) is 3.05. The van der Waals surface area contributed by atoms with Crippen LogP contribution in [-0.2, 0) is 4.79 Å². The first kappa shape index (κ1) is 14.0. The van der Waals surface area contributed by atoms with Crippen molar-refractivity contribution >= 4 is 18.3 Å². The van der Waals surface area contributed by atoms with Crippen LogP contribution in [0.4, 0.5) is 0 Å². The van der Waals surface area contributed by atoms with Crippen LogP contribution in [0.2, 0.25) is 0 Å². The molecule has 3 nitrogen and oxygen atoms in total. The monoisotopic (exact) mass is 254 g/mol. The molecule has 1 amide bonds. The maximum Gasteiger partial charge on any atom is 0.217 e. The van der Waals surface area contributed by atoms with Gasteiger partial charge in [0.25, 0.3) is 0 Å². The highest BCUT2D eigenvalue weighted by Crippen LogP contribution is 2.40. The lowest BCUT2D eigenvalue weighted by molar-refractivity contribution is -0.118. The number of rotatable bonds is 6. The van der Waals surface area contributed by atoms with Gasteiger partial charge in [-0.1, -0.05) is 30.3 Å². The Labute approximate surface area is 108 Å². The van der Waals surface area contributed by atoms with Gasteiger partial charge < -0.3 is 11.1 Å². The molecule has 0 aliphatic heterocycles. The molecule has 1 aromatic rings. The molecule has 0 aromatic heterocycles. The summed E-state index contributed by atoms with van der Waals surface area (Å²) in [7, 11) is 0. The fourth-order valence-electron chi connectivity index (χ4n) is 2.04. The quantitative estimate of drug-likeness (QED) is 0.761. The van der Waals surface area contributed by atoms with Gasteiger partial charge in [-0.05, 0) is 24.9 Å². The van der Waals surface area contributed by atoms with E-state index in [0.717, 1.165) is 13.0 Å². The molecule has 4 heteroatoms. The van der Waals surface area contributed by atoms with Crippen molar-refractivity contribution in [2.24, 2.45) is 5.73 Å². The Kier molecular flexibility index (Phi) is 5.45. The Morgan fingerprint density at radius 3 is 2.71 bits per heavy atom. The number of hydrogen-bond acceptors (Lipinski definition) is 2. The Morgan fingerprint density at radius 2 is 2.06 bits per heavy atom. The molecule has 94 valence electrons. The van der Waals surface area contributed by atoms with Crippen LogP contribution in [0.3, 0.4) is 0 Å². The summed E-state index contributed by atoms with van der Waals surface area (Å²) >= 11 is 0. The molecule has 2 atom stereocenters. The summed E-state index contributed by atoms with van der Waals surface area (Å²) in [5.41, 5.74) is 6.49. The van der Waals surface area contributed by atoms with Crippen LogP contribution in [-0.4, -0.2) is 18.5 Å². The van der Waals surface area contributed by atoms with Crippen molar-refractivity contribution in [3.63, 3.8) is 0 Å². The van der Waals surface area contributed by atoms with E-state index in [2.05, 4.69) is 29.6 Å². The predicted molar refractivity (Wildman–Crippen MR) is 71.3 cm³/mol. The number of benzene rings is 1. The van der Waals surface area contributed by atoms with Crippen LogP contribution < -0.4 is 11.1 Å². The van der Waals surface area contributed by atoms with Crippen LogP contribution in [0.25, 0.3) is 0 Å². The van der Waals surface area contributed by atoms with Crippen LogP contribution in [0, 0.1) is 0 Å². The summed E-state index contributed by atoms with van der Waals surface area (Å²) in [6.45, 7) is 0.886. The van der Waals surface area contributed by atoms with Gasteiger partial charge in [0.2, 0.25) is 5.91 Å². The van der Waals surface area contributed by atoms with Gasteiger partial charge in [0.15, 0.2) is 0 Å². The molecule has 0 saturated heterocycles. The number of amides is 1. The minimum atomic E-state index is -0.211. The van der Waals surface area contributed by atoms with Crippen molar-refractivity contribution in [3.8, 4) is 0 Å². The third kappa shape index (κ3) is 4.36. The van der Waals surface area contributed by atoms with Gasteiger partial charge in [-0.25, -0.2) is 0 Å². The zero-order valence-corrected chi connectivity index (χ0v) is 10.6. The third-order valence-corrected chi connectivity index (χ3v) is 3.02. The van der Waals surface area contributed by atoms with E-state index in [1.165, 1.54) is 12.0 Å². The predicted octanol–water partition coefficient (Wildman–Crippen LogP) is 1.82. The van der Waals surface area contributed by atoms with E-state index < -0.39 is 0 Å². The molecule has 1 saturated carbocycles. The minimum absolute atomic E-state index is 0. The minimum Gasteiger partial charge on any atom is -0.370 e. The second kappa shape index (κ2) is 6.62. The molecular formula is C13H19ClN2O. The number of nitrogens with one attached hydrogen (secondary N) is 1. The Hall–Kier alpha value is -1.06. The van der Waals surface area contributed by atoms with E-state index in [-0.39, 0.29) is 18.3 Å². The van der Waals surface area contributed by atoms with Crippen LogP contribution in [0.15, 0.2) is 30.3 Å². The van der Waals surface area contributed by atoms with Crippen LogP contribution in [0.5, 0.6) is 0 Å². The van der Waals surface area contributed by atoms with Gasteiger partial charge in [-0.3, -0.25) is 4.79 Å². The lowest BCUT2D eigenvalue weighted by Crippen LogP contribution is -2.21. The summed E-state index contributed by atoms with van der Waals surface area (Å²) in [6, 6.07) is 11.2. The Balaban J connectivity index is 0.00000144. The molecule has 0 unspecified atom stereocenters. The highest BCUT2D eigenvalue weighted by molar-refractivity contribution is 5.85. The van der Waals surface area contributed by atoms with E-state index >= 15 is 0 Å². The second-order valence-corrected chi connectivity index (χ2v) is 4.38. The summed E-state index contributed by atoms with van der Waals surface area (Å²) in [6.07, 6.45) is 2.53. The largest absolute Gasteiger partial charge is 0.370 e. The average molecular weight is 255 g/mol. The number of hydrogen-bond donors (Lipinski definition) is 2. The molecule has 1 aliphatic rings. The van der Waals surface area contributed by atoms with Gasteiger partial charge in [-0.15, -0.1) is 12.4 Å². The van der Waals surface area contributed by atoms with Gasteiger partial charge in [0.1, 0.15) is 0 Å². The van der Waals surface area contributed by atoms with Crippen molar-refractivity contribution in [1.29, 1.82) is 0 Å². The summed E-state index contributed by atoms with van der Waals surface area (Å²) in [4.78, 5) is 10.5. The molecule has 1 aliphatic carbocycles. The van der Waals surface area contributed by atoms with E-state index in [9.17, 15) is 4.79 Å². The molecule has 3 N–H and O–H groups in total. The first-order valence-electron chi connectivity index (χ1n) is 5.84. The Morgan fingerprint density at radius 1 is 1.35 bits per heavy atom. The summed E-state index contributed by atoms with van der Waals surface area (Å²) in [5, 5.41) is 3.45. The van der Waals surface area contributed by atoms with Crippen molar-refractivity contribution in [3.05, 3.63) is 35.9 Å². The van der Waals surface area contributed by atoms with Gasteiger partial charge in [-0.2, -0.15) is 0 Å². The number of primary amides is 1. The summed E-state index contributed by atoms with van der Waals surface area (Å²) < 4.78 is 0. The molecule has 17 heavy (non-hydrogen) atoms. The van der Waals surface area contributed by atoms with E-state index in [0.29, 0.717) is 18.4 Å². The number of carbonyl (C=O) groups excluding carboxylic acids is 1. The number of nitrogens with two attached hydrogens (primary N) is 1. The fourth-order valence-corrected chi connectivity index (χ4v) is 2.04. The highest BCUT2D eigenvalue weighted by Gasteiger charge is 2.37. The number of halogens is 1. The summed E-state index contributed by atoms with van der Waals surface area (Å²) in [5.74, 6) is 0.451. The molecule has 2 rings (SSSR count). The van der Waals surface area contributed by atoms with Crippen molar-refractivity contribution in [2.75, 3.05) is 6.54 Å². The Bertz CT molecular complexity index is 356. The number of carbonyl (C=O) groups is 1. The fraction of sp³-hybridized carbons (Fsp3) is 0.462. The van der Waals surface area contributed by atoms with Crippen molar-refractivity contribution in [1.82, 2.24) is 5.32 Å². The van der Waals surface area contributed by atoms with Crippen molar-refractivity contribution in [2.45, 2.75) is 31.2 Å². The maximum absolute atomic E-state index is 10.5. The van der Waals surface area contributed by atoms with E-state index in [4.69, 9.17) is 5.73 Å². The van der Waals surface area contributed by atoms with E-state index in [1.807, 2.05) is 6.07 Å². The van der Waals surface area contributed by atoms with E-state index in [1.54, 1.807) is 0 Å². The van der Waals surface area contributed by atoms with Crippen LogP contribution in [0.1, 0.15) is 30.7 Å². The van der Waals surface area contributed by atoms with Crippen molar-refractivity contribution < 1.29 is 4.79 Å². The van der Waals surface area contributed by atoms with Gasteiger partial charge >= 0.3 is 0 Å². The zero-order chi connectivity index (χ0) is 11.4.